The summed E-state index contributed by atoms with van der Waals surface area (Å²) in [5.41, 5.74) is 11.1. The van der Waals surface area contributed by atoms with E-state index in [2.05, 4.69) is 50.4 Å². The molecule has 1 aliphatic heterocycles. The number of carbonyl (C=O) groups is 9. The van der Waals surface area contributed by atoms with Gasteiger partial charge in [0.2, 0.25) is 53.2 Å². The second-order valence-corrected chi connectivity index (χ2v) is 15.7. The van der Waals surface area contributed by atoms with Crippen LogP contribution in [0.4, 0.5) is 0 Å². The van der Waals surface area contributed by atoms with Crippen LogP contribution >= 0.6 is 0 Å². The maximum Gasteiger partial charge on any atom is 0.246 e. The Morgan fingerprint density at radius 3 is 1.98 bits per heavy atom. The van der Waals surface area contributed by atoms with Crippen molar-refractivity contribution in [1.82, 2.24) is 42.1 Å². The average Bonchev–Trinajstić information content (AvgIpc) is 3.56. The standard InChI is InChI=1S/C35H58N10O13S/c1-8-17(4)29(43-28(52)11-38-19(6)47)34(56)39-12-27(51)41-23(15-59(58)20(7)40-16(2)3)32(54)42-22(10-26(36)50)35(57)45-13-21(48)9-24(45)33(55)44-30(31(37)53)18(5)25(49)14-46/h17-18,21-25,29-30,40,46,48-49H,2,7-15H2,1,3-6H3,(H2,36,50)(H2,37,53)(H,38,47)(H,39,56)(H,41,51)(H,42,54)(H,43,52)(H,44,55)/t17-,18-,21+,22-,23-,24+,25-,29+,30-,59?/m0/s1. The Labute approximate surface area is 343 Å². The van der Waals surface area contributed by atoms with Crippen molar-refractivity contribution in [1.29, 1.82) is 0 Å². The number of β-amino-alcohol motifs (C(OH)–C–C–N with tert-alkyl or cyclic N) is 1. The molecule has 10 atom stereocenters. The number of hydrogen-bond acceptors (Lipinski definition) is 14. The molecule has 0 aliphatic carbocycles. The van der Waals surface area contributed by atoms with E-state index in [1.54, 1.807) is 13.8 Å². The summed E-state index contributed by atoms with van der Waals surface area (Å²) in [5.74, 6) is -10.6. The van der Waals surface area contributed by atoms with Crippen LogP contribution in [0.15, 0.2) is 23.9 Å². The lowest BCUT2D eigenvalue weighted by molar-refractivity contribution is -0.143. The van der Waals surface area contributed by atoms with Crippen LogP contribution in [0, 0.1) is 11.8 Å². The minimum absolute atomic E-state index is 0.121. The number of primary amides is 2. The number of allylic oxidation sites excluding steroid dienone is 1. The van der Waals surface area contributed by atoms with E-state index in [4.69, 9.17) is 11.5 Å². The van der Waals surface area contributed by atoms with Crippen molar-refractivity contribution < 1.29 is 62.7 Å². The molecule has 1 aliphatic rings. The third-order valence-electron chi connectivity index (χ3n) is 9.14. The normalized spacial score (nSPS) is 18.8. The summed E-state index contributed by atoms with van der Waals surface area (Å²) >= 11 is 0. The molecule has 332 valence electrons. The van der Waals surface area contributed by atoms with E-state index in [9.17, 15) is 62.7 Å². The molecule has 0 saturated carbocycles. The van der Waals surface area contributed by atoms with Crippen LogP contribution in [-0.2, 0) is 54.0 Å². The molecule has 1 fully saturated rings. The lowest BCUT2D eigenvalue weighted by Gasteiger charge is -2.31. The van der Waals surface area contributed by atoms with Gasteiger partial charge in [-0.1, -0.05) is 40.3 Å². The molecule has 0 aromatic carbocycles. The van der Waals surface area contributed by atoms with Gasteiger partial charge in [-0.3, -0.25) is 47.4 Å². The number of aliphatic hydroxyl groups excluding tert-OH is 3. The fourth-order valence-electron chi connectivity index (χ4n) is 5.66. The van der Waals surface area contributed by atoms with Crippen molar-refractivity contribution in [3.8, 4) is 0 Å². The van der Waals surface area contributed by atoms with Crippen molar-refractivity contribution >= 4 is 64.0 Å². The third kappa shape index (κ3) is 17.1. The van der Waals surface area contributed by atoms with E-state index in [0.29, 0.717) is 12.1 Å². The molecule has 0 radical (unpaired) electrons. The van der Waals surface area contributed by atoms with E-state index in [-0.39, 0.29) is 11.4 Å². The molecule has 24 heteroatoms. The van der Waals surface area contributed by atoms with E-state index < -0.39 is 157 Å². The van der Waals surface area contributed by atoms with Gasteiger partial charge >= 0.3 is 0 Å². The largest absolute Gasteiger partial charge is 0.394 e. The van der Waals surface area contributed by atoms with Crippen molar-refractivity contribution in [2.24, 2.45) is 23.3 Å². The highest BCUT2D eigenvalue weighted by molar-refractivity contribution is 7.89. The highest BCUT2D eigenvalue weighted by Crippen LogP contribution is 2.21. The summed E-state index contributed by atoms with van der Waals surface area (Å²) < 4.78 is 13.2. The molecule has 0 bridgehead atoms. The van der Waals surface area contributed by atoms with Gasteiger partial charge in [-0.05, 0) is 12.8 Å². The topological polar surface area (TPSA) is 371 Å². The molecule has 0 aromatic rings. The quantitative estimate of drug-likeness (QED) is 0.0407. The molecular weight excluding hydrogens is 801 g/mol. The zero-order valence-electron chi connectivity index (χ0n) is 33.7. The van der Waals surface area contributed by atoms with Crippen molar-refractivity contribution in [2.75, 3.05) is 32.0 Å². The Bertz CT molecular complexity index is 1650. The van der Waals surface area contributed by atoms with Gasteiger partial charge in [-0.15, -0.1) is 0 Å². The number of aliphatic hydroxyl groups is 3. The molecule has 1 unspecified atom stereocenters. The molecule has 14 N–H and O–H groups in total. The zero-order chi connectivity index (χ0) is 45.3. The van der Waals surface area contributed by atoms with E-state index in [0.717, 1.165) is 4.90 Å². The fraction of sp³-hybridized carbons (Fsp3) is 0.629. The summed E-state index contributed by atoms with van der Waals surface area (Å²) in [5, 5.41) is 46.4. The van der Waals surface area contributed by atoms with E-state index >= 15 is 0 Å². The highest BCUT2D eigenvalue weighted by Gasteiger charge is 2.44. The molecule has 1 heterocycles. The predicted molar refractivity (Wildman–Crippen MR) is 210 cm³/mol. The van der Waals surface area contributed by atoms with Crippen LogP contribution in [0.5, 0.6) is 0 Å². The lowest BCUT2D eigenvalue weighted by Crippen LogP contribution is -2.60. The summed E-state index contributed by atoms with van der Waals surface area (Å²) in [6.07, 6.45) is -3.57. The first-order valence-corrected chi connectivity index (χ1v) is 19.8. The van der Waals surface area contributed by atoms with Crippen LogP contribution in [-0.4, -0.2) is 152 Å². The maximum absolute atomic E-state index is 13.9. The number of nitrogens with two attached hydrogens (primary N) is 2. The Morgan fingerprint density at radius 2 is 1.46 bits per heavy atom. The molecule has 9 amide bonds. The zero-order valence-corrected chi connectivity index (χ0v) is 34.5. The monoisotopic (exact) mass is 858 g/mol. The van der Waals surface area contributed by atoms with Crippen molar-refractivity contribution in [3.05, 3.63) is 23.9 Å². The number of likely N-dealkylation sites (tertiary alicyclic amines) is 1. The smallest absolute Gasteiger partial charge is 0.246 e. The minimum atomic E-state index is -2.12. The van der Waals surface area contributed by atoms with E-state index in [1.165, 1.54) is 20.8 Å². The second-order valence-electron chi connectivity index (χ2n) is 14.1. The second kappa shape index (κ2) is 24.5. The Morgan fingerprint density at radius 1 is 0.864 bits per heavy atom. The predicted octanol–water partition coefficient (Wildman–Crippen LogP) is -6.12. The van der Waals surface area contributed by atoms with Gasteiger partial charge in [0.05, 0.1) is 59.9 Å². The van der Waals surface area contributed by atoms with Gasteiger partial charge in [0.1, 0.15) is 30.2 Å². The number of hydrogen-bond donors (Lipinski definition) is 12. The highest BCUT2D eigenvalue weighted by atomic mass is 32.2. The van der Waals surface area contributed by atoms with Gasteiger partial charge in [-0.2, -0.15) is 0 Å². The molecular formula is C35H58N10O13S. The van der Waals surface area contributed by atoms with Gasteiger partial charge in [0, 0.05) is 31.5 Å². The summed E-state index contributed by atoms with van der Waals surface area (Å²) in [6, 6.07) is -7.73. The summed E-state index contributed by atoms with van der Waals surface area (Å²) in [4.78, 5) is 116. The third-order valence-corrected chi connectivity index (χ3v) is 10.4. The van der Waals surface area contributed by atoms with E-state index in [1.807, 2.05) is 0 Å². The number of amides is 9. The fourth-order valence-corrected chi connectivity index (χ4v) is 6.69. The Balaban J connectivity index is 3.37. The average molecular weight is 859 g/mol. The van der Waals surface area contributed by atoms with Gasteiger partial charge in [0.25, 0.3) is 0 Å². The summed E-state index contributed by atoms with van der Waals surface area (Å²) in [6.45, 7) is 12.3. The van der Waals surface area contributed by atoms with Crippen LogP contribution in [0.2, 0.25) is 0 Å². The lowest BCUT2D eigenvalue weighted by atomic mass is 9.95. The number of nitrogens with one attached hydrogen (secondary N) is 7. The molecule has 0 spiro atoms. The number of carbonyl (C=O) groups excluding carboxylic acids is 9. The molecule has 59 heavy (non-hydrogen) atoms. The summed E-state index contributed by atoms with van der Waals surface area (Å²) in [7, 11) is -2.12. The van der Waals surface area contributed by atoms with Crippen LogP contribution in [0.1, 0.15) is 53.9 Å². The van der Waals surface area contributed by atoms with Crippen molar-refractivity contribution in [2.45, 2.75) is 96.3 Å². The van der Waals surface area contributed by atoms with Crippen LogP contribution < -0.4 is 48.7 Å². The Kier molecular flexibility index (Phi) is 21.4. The van der Waals surface area contributed by atoms with Gasteiger partial charge in [-0.25, -0.2) is 0 Å². The minimum Gasteiger partial charge on any atom is -0.394 e. The molecule has 1 saturated heterocycles. The van der Waals surface area contributed by atoms with Crippen LogP contribution in [0.3, 0.4) is 0 Å². The maximum atomic E-state index is 13.9. The van der Waals surface area contributed by atoms with Gasteiger partial charge < -0.3 is 68.9 Å². The van der Waals surface area contributed by atoms with Crippen LogP contribution in [0.25, 0.3) is 0 Å². The SMILES string of the molecule is C=C(C)NC(=C)S(=O)C[C@H](NC(=O)CNC(=O)[C@H](NC(=O)CNC(C)=O)[C@@H](C)CC)C(=O)N[C@@H](CC(N)=O)C(=O)N1C[C@H](O)C[C@@H]1C(=O)N[C@H](C(N)=O)[C@@H](C)[C@@H](O)CO. The number of rotatable bonds is 25. The first-order chi connectivity index (χ1) is 27.4. The van der Waals surface area contributed by atoms with Crippen molar-refractivity contribution in [3.63, 3.8) is 0 Å². The first kappa shape index (κ1) is 51.6. The molecule has 23 nitrogen and oxygen atoms in total. The molecule has 0 aromatic heterocycles. The molecule has 1 rings (SSSR count). The first-order valence-electron chi connectivity index (χ1n) is 18.5. The van der Waals surface area contributed by atoms with Gasteiger partial charge in [0.15, 0.2) is 0 Å². The number of nitrogens with zero attached hydrogens (tertiary/aromatic N) is 1. The Hall–Kier alpha value is -5.46.